The highest BCUT2D eigenvalue weighted by atomic mass is 19.1. The molecule has 0 unspecified atom stereocenters. The Morgan fingerprint density at radius 3 is 2.75 bits per heavy atom. The second-order valence-electron chi connectivity index (χ2n) is 5.37. The monoisotopic (exact) mass is 273 g/mol. The molecule has 0 radical (unpaired) electrons. The predicted molar refractivity (Wildman–Crippen MR) is 76.8 cm³/mol. The Morgan fingerprint density at radius 1 is 1.15 bits per heavy atom. The van der Waals surface area contributed by atoms with Gasteiger partial charge in [0.25, 0.3) is 0 Å². The van der Waals surface area contributed by atoms with Gasteiger partial charge in [-0.15, -0.1) is 0 Å². The van der Waals surface area contributed by atoms with Crippen LogP contribution in [0.1, 0.15) is 30.9 Å². The van der Waals surface area contributed by atoms with Gasteiger partial charge in [-0.05, 0) is 43.1 Å². The quantitative estimate of drug-likeness (QED) is 0.852. The van der Waals surface area contributed by atoms with E-state index in [9.17, 15) is 4.39 Å². The van der Waals surface area contributed by atoms with Gasteiger partial charge in [-0.2, -0.15) is 5.10 Å². The van der Waals surface area contributed by atoms with Crippen molar-refractivity contribution in [1.82, 2.24) is 14.7 Å². The maximum Gasteiger partial charge on any atom is 0.123 e. The molecule has 4 heteroatoms. The Hall–Kier alpha value is -1.68. The van der Waals surface area contributed by atoms with Gasteiger partial charge in [0.05, 0.1) is 6.54 Å². The third kappa shape index (κ3) is 3.07. The molecule has 1 aromatic carbocycles. The molecule has 0 spiro atoms. The zero-order valence-corrected chi connectivity index (χ0v) is 11.6. The standard InChI is InChI=1S/C16H20FN3/c17-15-7-5-14(6-8-15)16-4-1-2-10-19(16)12-13-20-11-3-9-18-20/h3,5-9,11,16H,1-2,4,10,12-13H2/t16-/m0/s1. The number of benzene rings is 1. The SMILES string of the molecule is Fc1ccc([C@@H]2CCCCN2CCn2cccn2)cc1. The van der Waals surface area contributed by atoms with E-state index in [2.05, 4.69) is 10.00 Å². The lowest BCUT2D eigenvalue weighted by molar-refractivity contribution is 0.141. The lowest BCUT2D eigenvalue weighted by atomic mass is 9.95. The minimum Gasteiger partial charge on any atom is -0.294 e. The summed E-state index contributed by atoms with van der Waals surface area (Å²) >= 11 is 0. The van der Waals surface area contributed by atoms with Gasteiger partial charge in [0.1, 0.15) is 5.82 Å². The van der Waals surface area contributed by atoms with E-state index in [1.165, 1.54) is 18.4 Å². The molecule has 2 heterocycles. The van der Waals surface area contributed by atoms with Crippen LogP contribution in [0.2, 0.25) is 0 Å². The Morgan fingerprint density at radius 2 is 2.00 bits per heavy atom. The molecule has 106 valence electrons. The topological polar surface area (TPSA) is 21.1 Å². The van der Waals surface area contributed by atoms with Crippen LogP contribution in [0, 0.1) is 5.82 Å². The highest BCUT2D eigenvalue weighted by Crippen LogP contribution is 2.30. The fraction of sp³-hybridized carbons (Fsp3) is 0.438. The van der Waals surface area contributed by atoms with Gasteiger partial charge in [-0.1, -0.05) is 18.6 Å². The number of piperidine rings is 1. The van der Waals surface area contributed by atoms with E-state index in [1.54, 1.807) is 12.1 Å². The molecule has 0 bridgehead atoms. The lowest BCUT2D eigenvalue weighted by Crippen LogP contribution is -2.35. The Labute approximate surface area is 119 Å². The van der Waals surface area contributed by atoms with Gasteiger partial charge < -0.3 is 0 Å². The molecular formula is C16H20FN3. The zero-order valence-electron chi connectivity index (χ0n) is 11.6. The van der Waals surface area contributed by atoms with E-state index >= 15 is 0 Å². The second-order valence-corrected chi connectivity index (χ2v) is 5.37. The lowest BCUT2D eigenvalue weighted by Gasteiger charge is -2.36. The van der Waals surface area contributed by atoms with Crippen molar-refractivity contribution < 1.29 is 4.39 Å². The summed E-state index contributed by atoms with van der Waals surface area (Å²) in [5, 5.41) is 4.25. The van der Waals surface area contributed by atoms with Crippen molar-refractivity contribution >= 4 is 0 Å². The fourth-order valence-electron chi connectivity index (χ4n) is 2.98. The third-order valence-corrected chi connectivity index (χ3v) is 4.04. The molecule has 2 aromatic rings. The van der Waals surface area contributed by atoms with Gasteiger partial charge >= 0.3 is 0 Å². The van der Waals surface area contributed by atoms with Crippen LogP contribution in [0.15, 0.2) is 42.7 Å². The predicted octanol–water partition coefficient (Wildman–Crippen LogP) is 3.25. The van der Waals surface area contributed by atoms with Gasteiger partial charge in [0, 0.05) is 25.0 Å². The maximum atomic E-state index is 13.1. The molecule has 20 heavy (non-hydrogen) atoms. The van der Waals surface area contributed by atoms with E-state index in [-0.39, 0.29) is 5.82 Å². The number of likely N-dealkylation sites (tertiary alicyclic amines) is 1. The fourth-order valence-corrected chi connectivity index (χ4v) is 2.98. The number of rotatable bonds is 4. The smallest absolute Gasteiger partial charge is 0.123 e. The second kappa shape index (κ2) is 6.18. The minimum atomic E-state index is -0.160. The molecule has 1 atom stereocenters. The first-order valence-corrected chi connectivity index (χ1v) is 7.30. The number of hydrogen-bond acceptors (Lipinski definition) is 2. The van der Waals surface area contributed by atoms with E-state index in [1.807, 2.05) is 35.3 Å². The zero-order chi connectivity index (χ0) is 13.8. The van der Waals surface area contributed by atoms with Crippen molar-refractivity contribution in [1.29, 1.82) is 0 Å². The van der Waals surface area contributed by atoms with Crippen LogP contribution in [-0.4, -0.2) is 27.8 Å². The largest absolute Gasteiger partial charge is 0.294 e. The molecule has 0 N–H and O–H groups in total. The normalized spacial score (nSPS) is 20.1. The highest BCUT2D eigenvalue weighted by molar-refractivity contribution is 5.20. The first-order valence-electron chi connectivity index (χ1n) is 7.30. The van der Waals surface area contributed by atoms with Crippen molar-refractivity contribution in [2.45, 2.75) is 31.8 Å². The molecule has 1 fully saturated rings. The van der Waals surface area contributed by atoms with Crippen molar-refractivity contribution in [2.75, 3.05) is 13.1 Å². The number of aromatic nitrogens is 2. The van der Waals surface area contributed by atoms with E-state index in [0.29, 0.717) is 6.04 Å². The van der Waals surface area contributed by atoms with E-state index in [0.717, 1.165) is 26.1 Å². The Balaban J connectivity index is 1.68. The number of hydrogen-bond donors (Lipinski definition) is 0. The summed E-state index contributed by atoms with van der Waals surface area (Å²) in [4.78, 5) is 2.50. The minimum absolute atomic E-state index is 0.160. The summed E-state index contributed by atoms with van der Waals surface area (Å²) in [6.45, 7) is 3.01. The van der Waals surface area contributed by atoms with Crippen molar-refractivity contribution in [3.05, 3.63) is 54.1 Å². The van der Waals surface area contributed by atoms with E-state index < -0.39 is 0 Å². The first-order chi connectivity index (χ1) is 9.83. The molecule has 0 saturated carbocycles. The van der Waals surface area contributed by atoms with Gasteiger partial charge in [-0.25, -0.2) is 4.39 Å². The average Bonchev–Trinajstić information content (AvgIpc) is 3.00. The number of halogens is 1. The molecule has 3 rings (SSSR count). The summed E-state index contributed by atoms with van der Waals surface area (Å²) in [6.07, 6.45) is 7.46. The van der Waals surface area contributed by atoms with Crippen molar-refractivity contribution in [3.8, 4) is 0 Å². The molecule has 1 aliphatic heterocycles. The summed E-state index contributed by atoms with van der Waals surface area (Å²) in [7, 11) is 0. The summed E-state index contributed by atoms with van der Waals surface area (Å²) in [5.74, 6) is -0.160. The molecule has 0 aliphatic carbocycles. The average molecular weight is 273 g/mol. The van der Waals surface area contributed by atoms with Crippen molar-refractivity contribution in [3.63, 3.8) is 0 Å². The third-order valence-electron chi connectivity index (χ3n) is 4.04. The molecule has 0 amide bonds. The summed E-state index contributed by atoms with van der Waals surface area (Å²) in [5.41, 5.74) is 1.23. The number of nitrogens with zero attached hydrogens (tertiary/aromatic N) is 3. The molecule has 1 saturated heterocycles. The van der Waals surface area contributed by atoms with Crippen molar-refractivity contribution in [2.24, 2.45) is 0 Å². The molecule has 3 nitrogen and oxygen atoms in total. The van der Waals surface area contributed by atoms with Gasteiger partial charge in [0.15, 0.2) is 0 Å². The van der Waals surface area contributed by atoms with Crippen LogP contribution in [-0.2, 0) is 6.54 Å². The maximum absolute atomic E-state index is 13.1. The van der Waals surface area contributed by atoms with Crippen LogP contribution in [0.4, 0.5) is 4.39 Å². The summed E-state index contributed by atoms with van der Waals surface area (Å²) in [6, 6.07) is 9.34. The molecule has 1 aliphatic rings. The van der Waals surface area contributed by atoms with E-state index in [4.69, 9.17) is 0 Å². The van der Waals surface area contributed by atoms with Crippen LogP contribution in [0.25, 0.3) is 0 Å². The summed E-state index contributed by atoms with van der Waals surface area (Å²) < 4.78 is 15.0. The molecule has 1 aromatic heterocycles. The highest BCUT2D eigenvalue weighted by Gasteiger charge is 2.23. The Kier molecular flexibility index (Phi) is 4.11. The van der Waals surface area contributed by atoms with Gasteiger partial charge in [0.2, 0.25) is 0 Å². The van der Waals surface area contributed by atoms with Crippen LogP contribution < -0.4 is 0 Å². The first kappa shape index (κ1) is 13.3. The van der Waals surface area contributed by atoms with Crippen LogP contribution >= 0.6 is 0 Å². The van der Waals surface area contributed by atoms with Crippen LogP contribution in [0.3, 0.4) is 0 Å². The Bertz CT molecular complexity index is 521. The van der Waals surface area contributed by atoms with Gasteiger partial charge in [-0.3, -0.25) is 9.58 Å². The van der Waals surface area contributed by atoms with Crippen LogP contribution in [0.5, 0.6) is 0 Å². The molecular weight excluding hydrogens is 253 g/mol.